The summed E-state index contributed by atoms with van der Waals surface area (Å²) in [5.41, 5.74) is 0. The monoisotopic (exact) mass is 301 g/mol. The van der Waals surface area contributed by atoms with E-state index in [9.17, 15) is 4.79 Å². The molecular weight excluding hydrogens is 274 g/mol. The number of hydrogen-bond donors (Lipinski definition) is 0. The fourth-order valence-electron chi connectivity index (χ4n) is 4.69. The maximum Gasteiger partial charge on any atom is 0.302 e. The fraction of sp³-hybridized carbons (Fsp3) is 0.938. The highest BCUT2D eigenvalue weighted by Gasteiger charge is 2.45. The molecule has 4 atom stereocenters. The van der Waals surface area contributed by atoms with E-state index in [2.05, 4.69) is 4.90 Å². The Kier molecular flexibility index (Phi) is 5.74. The van der Waals surface area contributed by atoms with E-state index in [1.165, 1.54) is 64.5 Å². The SMILES string of the molecule is CC(=O)O[C@H]1C2CCCC1C(N1CCCCC1)CC2.Cl. The molecule has 1 saturated heterocycles. The first-order valence-corrected chi connectivity index (χ1v) is 8.17. The van der Waals surface area contributed by atoms with Gasteiger partial charge < -0.3 is 4.74 Å². The first-order chi connectivity index (χ1) is 9.25. The molecule has 1 aliphatic heterocycles. The number of hydrogen-bond acceptors (Lipinski definition) is 3. The smallest absolute Gasteiger partial charge is 0.302 e. The molecule has 3 nitrogen and oxygen atoms in total. The number of likely N-dealkylation sites (tertiary alicyclic amines) is 1. The Morgan fingerprint density at radius 1 is 1.00 bits per heavy atom. The number of ether oxygens (including phenoxy) is 1. The molecule has 20 heavy (non-hydrogen) atoms. The predicted octanol–water partition coefficient (Wildman–Crippen LogP) is 3.40. The van der Waals surface area contributed by atoms with E-state index in [0.29, 0.717) is 17.9 Å². The molecule has 0 spiro atoms. The summed E-state index contributed by atoms with van der Waals surface area (Å²) in [6.07, 6.45) is 10.8. The van der Waals surface area contributed by atoms with Crippen molar-refractivity contribution in [1.82, 2.24) is 4.90 Å². The van der Waals surface area contributed by atoms with Gasteiger partial charge in [-0.05, 0) is 57.5 Å². The van der Waals surface area contributed by atoms with Crippen molar-refractivity contribution in [3.05, 3.63) is 0 Å². The van der Waals surface area contributed by atoms with Crippen LogP contribution in [-0.2, 0) is 9.53 Å². The molecule has 2 bridgehead atoms. The molecule has 0 radical (unpaired) electrons. The molecule has 3 fully saturated rings. The minimum Gasteiger partial charge on any atom is -0.462 e. The summed E-state index contributed by atoms with van der Waals surface area (Å²) in [6, 6.07) is 0.682. The topological polar surface area (TPSA) is 29.5 Å². The van der Waals surface area contributed by atoms with E-state index in [1.54, 1.807) is 6.92 Å². The standard InChI is InChI=1S/C16H27NO2.ClH/c1-12(18)19-16-13-6-5-7-14(16)15(9-8-13)17-10-3-2-4-11-17;/h13-16H,2-11H2,1H3;1H/t13?,14?,15?,16-;/m0./s1. The molecule has 0 amide bonds. The van der Waals surface area contributed by atoms with Crippen LogP contribution < -0.4 is 0 Å². The Morgan fingerprint density at radius 3 is 2.45 bits per heavy atom. The molecule has 0 aromatic rings. The number of carbonyl (C=O) groups is 1. The molecule has 4 heteroatoms. The van der Waals surface area contributed by atoms with E-state index in [4.69, 9.17) is 4.74 Å². The van der Waals surface area contributed by atoms with E-state index in [1.807, 2.05) is 0 Å². The first-order valence-electron chi connectivity index (χ1n) is 8.17. The molecule has 3 unspecified atom stereocenters. The lowest BCUT2D eigenvalue weighted by Crippen LogP contribution is -2.54. The van der Waals surface area contributed by atoms with Crippen molar-refractivity contribution in [2.24, 2.45) is 11.8 Å². The second-order valence-electron chi connectivity index (χ2n) is 6.67. The summed E-state index contributed by atoms with van der Waals surface area (Å²) < 4.78 is 5.71. The van der Waals surface area contributed by atoms with Gasteiger partial charge in [-0.3, -0.25) is 9.69 Å². The van der Waals surface area contributed by atoms with Crippen LogP contribution in [0.5, 0.6) is 0 Å². The highest BCUT2D eigenvalue weighted by atomic mass is 35.5. The van der Waals surface area contributed by atoms with Crippen LogP contribution >= 0.6 is 12.4 Å². The largest absolute Gasteiger partial charge is 0.462 e. The number of rotatable bonds is 2. The van der Waals surface area contributed by atoms with Gasteiger partial charge in [0.05, 0.1) is 0 Å². The lowest BCUT2D eigenvalue weighted by Gasteiger charge is -2.50. The lowest BCUT2D eigenvalue weighted by molar-refractivity contribution is -0.162. The summed E-state index contributed by atoms with van der Waals surface area (Å²) in [6.45, 7) is 4.09. The zero-order valence-corrected chi connectivity index (χ0v) is 13.4. The Labute approximate surface area is 128 Å². The van der Waals surface area contributed by atoms with Crippen molar-refractivity contribution in [2.75, 3.05) is 13.1 Å². The second-order valence-corrected chi connectivity index (χ2v) is 6.67. The van der Waals surface area contributed by atoms with Crippen molar-refractivity contribution in [3.63, 3.8) is 0 Å². The van der Waals surface area contributed by atoms with Crippen molar-refractivity contribution in [3.8, 4) is 0 Å². The van der Waals surface area contributed by atoms with Crippen LogP contribution in [0.15, 0.2) is 0 Å². The minimum atomic E-state index is -0.0822. The highest BCUT2D eigenvalue weighted by molar-refractivity contribution is 5.85. The molecular formula is C16H28ClNO2. The van der Waals surface area contributed by atoms with Gasteiger partial charge >= 0.3 is 5.97 Å². The van der Waals surface area contributed by atoms with Crippen molar-refractivity contribution in [1.29, 1.82) is 0 Å². The molecule has 3 aliphatic rings. The van der Waals surface area contributed by atoms with E-state index in [0.717, 1.165) is 0 Å². The van der Waals surface area contributed by atoms with Crippen molar-refractivity contribution < 1.29 is 9.53 Å². The van der Waals surface area contributed by atoms with E-state index in [-0.39, 0.29) is 24.5 Å². The average Bonchev–Trinajstić information content (AvgIpc) is 2.39. The number of carbonyl (C=O) groups excluding carboxylic acids is 1. The van der Waals surface area contributed by atoms with Gasteiger partial charge in [0.25, 0.3) is 0 Å². The van der Waals surface area contributed by atoms with Crippen molar-refractivity contribution >= 4 is 18.4 Å². The van der Waals surface area contributed by atoms with Crippen molar-refractivity contribution in [2.45, 2.75) is 70.4 Å². The molecule has 2 saturated carbocycles. The number of halogens is 1. The Bertz CT molecular complexity index is 330. The number of fused-ring (bicyclic) bond motifs is 2. The summed E-state index contributed by atoms with van der Waals surface area (Å²) in [5, 5.41) is 0. The van der Waals surface area contributed by atoms with Gasteiger partial charge in [0.15, 0.2) is 0 Å². The molecule has 3 rings (SSSR count). The van der Waals surface area contributed by atoms with Gasteiger partial charge in [0.1, 0.15) is 6.10 Å². The van der Waals surface area contributed by atoms with E-state index >= 15 is 0 Å². The highest BCUT2D eigenvalue weighted by Crippen LogP contribution is 2.44. The summed E-state index contributed by atoms with van der Waals surface area (Å²) >= 11 is 0. The third kappa shape index (κ3) is 3.30. The molecule has 0 aromatic heterocycles. The van der Waals surface area contributed by atoms with Gasteiger partial charge in [-0.25, -0.2) is 0 Å². The third-order valence-corrected chi connectivity index (χ3v) is 5.49. The number of esters is 1. The molecule has 0 aromatic carbocycles. The van der Waals surface area contributed by atoms with Gasteiger partial charge in [0, 0.05) is 18.9 Å². The van der Waals surface area contributed by atoms with Crippen LogP contribution in [0.1, 0.15) is 58.3 Å². The summed E-state index contributed by atoms with van der Waals surface area (Å²) in [7, 11) is 0. The Hall–Kier alpha value is -0.280. The second kappa shape index (κ2) is 7.13. The quantitative estimate of drug-likeness (QED) is 0.732. The van der Waals surface area contributed by atoms with Crippen LogP contribution in [0, 0.1) is 11.8 Å². The van der Waals surface area contributed by atoms with Crippen LogP contribution in [0.2, 0.25) is 0 Å². The molecule has 116 valence electrons. The fourth-order valence-corrected chi connectivity index (χ4v) is 4.69. The van der Waals surface area contributed by atoms with Crippen LogP contribution in [0.4, 0.5) is 0 Å². The molecule has 0 N–H and O–H groups in total. The van der Waals surface area contributed by atoms with E-state index < -0.39 is 0 Å². The van der Waals surface area contributed by atoms with Gasteiger partial charge in [-0.15, -0.1) is 12.4 Å². The Morgan fingerprint density at radius 2 is 1.75 bits per heavy atom. The third-order valence-electron chi connectivity index (χ3n) is 5.49. The number of nitrogens with zero attached hydrogens (tertiary/aromatic N) is 1. The van der Waals surface area contributed by atoms with Gasteiger partial charge in [0.2, 0.25) is 0 Å². The maximum atomic E-state index is 11.4. The van der Waals surface area contributed by atoms with Crippen LogP contribution in [0.3, 0.4) is 0 Å². The number of piperidine rings is 1. The predicted molar refractivity (Wildman–Crippen MR) is 82.1 cm³/mol. The lowest BCUT2D eigenvalue weighted by atomic mass is 9.67. The van der Waals surface area contributed by atoms with Gasteiger partial charge in [-0.2, -0.15) is 0 Å². The van der Waals surface area contributed by atoms with Gasteiger partial charge in [-0.1, -0.05) is 12.8 Å². The van der Waals surface area contributed by atoms with Crippen LogP contribution in [-0.4, -0.2) is 36.1 Å². The zero-order valence-electron chi connectivity index (χ0n) is 12.6. The molecule has 2 aliphatic carbocycles. The zero-order chi connectivity index (χ0) is 13.2. The summed E-state index contributed by atoms with van der Waals surface area (Å²) in [5.74, 6) is 1.17. The maximum absolute atomic E-state index is 11.4. The van der Waals surface area contributed by atoms with Crippen LogP contribution in [0.25, 0.3) is 0 Å². The Balaban J connectivity index is 0.00000147. The first kappa shape index (κ1) is 16.1. The minimum absolute atomic E-state index is 0. The average molecular weight is 302 g/mol. The molecule has 1 heterocycles. The summed E-state index contributed by atoms with van der Waals surface area (Å²) in [4.78, 5) is 14.1. The normalized spacial score (nSPS) is 37.9.